The minimum atomic E-state index is -0.450. The summed E-state index contributed by atoms with van der Waals surface area (Å²) in [6, 6.07) is 12.5. The van der Waals surface area contributed by atoms with Crippen molar-refractivity contribution in [3.63, 3.8) is 0 Å². The molecule has 28 heavy (non-hydrogen) atoms. The molecule has 0 fully saturated rings. The van der Waals surface area contributed by atoms with Gasteiger partial charge in [0.2, 0.25) is 0 Å². The summed E-state index contributed by atoms with van der Waals surface area (Å²) in [5.74, 6) is -0.426. The predicted octanol–water partition coefficient (Wildman–Crippen LogP) is 4.98. The molecule has 1 N–H and O–H groups in total. The average molecular weight is 379 g/mol. The molecule has 0 spiro atoms. The fourth-order valence-electron chi connectivity index (χ4n) is 3.08. The molecule has 1 aromatic heterocycles. The number of anilines is 1. The van der Waals surface area contributed by atoms with Gasteiger partial charge in [0.25, 0.3) is 0 Å². The van der Waals surface area contributed by atoms with E-state index in [9.17, 15) is 9.59 Å². The number of nitrogens with one attached hydrogen (secondary N) is 1. The average Bonchev–Trinajstić information content (AvgIpc) is 2.69. The minimum absolute atomic E-state index is 0.00668. The highest BCUT2D eigenvalue weighted by atomic mass is 16.5. The molecule has 1 heterocycles. The number of carbonyl (C=O) groups is 1. The number of esters is 1. The van der Waals surface area contributed by atoms with Crippen LogP contribution >= 0.6 is 0 Å². The van der Waals surface area contributed by atoms with Crippen LogP contribution in [0, 0.1) is 13.8 Å². The lowest BCUT2D eigenvalue weighted by Gasteiger charge is -2.12. The maximum atomic E-state index is 12.6. The van der Waals surface area contributed by atoms with Gasteiger partial charge in [-0.3, -0.25) is 0 Å². The van der Waals surface area contributed by atoms with Gasteiger partial charge in [-0.2, -0.15) is 0 Å². The Labute approximate surface area is 164 Å². The fourth-order valence-corrected chi connectivity index (χ4v) is 3.08. The summed E-state index contributed by atoms with van der Waals surface area (Å²) in [5, 5.41) is 4.06. The van der Waals surface area contributed by atoms with Crippen LogP contribution in [0.25, 0.3) is 11.0 Å². The van der Waals surface area contributed by atoms with E-state index in [-0.39, 0.29) is 6.61 Å². The number of hydrogen-bond acceptors (Lipinski definition) is 5. The molecule has 0 atom stereocenters. The van der Waals surface area contributed by atoms with Crippen molar-refractivity contribution in [1.29, 1.82) is 0 Å². The van der Waals surface area contributed by atoms with Crippen molar-refractivity contribution >= 4 is 22.6 Å². The Morgan fingerprint density at radius 1 is 1.14 bits per heavy atom. The molecule has 0 aliphatic rings. The van der Waals surface area contributed by atoms with E-state index in [0.717, 1.165) is 41.6 Å². The molecule has 2 aromatic carbocycles. The van der Waals surface area contributed by atoms with Crippen molar-refractivity contribution in [2.75, 3.05) is 11.9 Å². The van der Waals surface area contributed by atoms with Crippen LogP contribution in [0.5, 0.6) is 0 Å². The molecule has 0 amide bonds. The monoisotopic (exact) mass is 379 g/mol. The lowest BCUT2D eigenvalue weighted by molar-refractivity contribution is 0.0475. The summed E-state index contributed by atoms with van der Waals surface area (Å²) in [5.41, 5.74) is 3.92. The number of hydrogen-bond donors (Lipinski definition) is 1. The van der Waals surface area contributed by atoms with Crippen molar-refractivity contribution in [3.05, 3.63) is 75.1 Å². The number of para-hydroxylation sites is 1. The Morgan fingerprint density at radius 2 is 1.93 bits per heavy atom. The SMILES string of the molecule is CCCCNc1ccccc1C(=O)OCc1cc(=O)oc2c(C)c(C)ccc12. The summed E-state index contributed by atoms with van der Waals surface area (Å²) in [6.45, 7) is 6.79. The van der Waals surface area contributed by atoms with Gasteiger partial charge in [-0.15, -0.1) is 0 Å². The molecule has 146 valence electrons. The van der Waals surface area contributed by atoms with Crippen LogP contribution in [-0.4, -0.2) is 12.5 Å². The van der Waals surface area contributed by atoms with Gasteiger partial charge in [0.1, 0.15) is 12.2 Å². The Kier molecular flexibility index (Phi) is 6.14. The van der Waals surface area contributed by atoms with Crippen LogP contribution in [0.15, 0.2) is 51.7 Å². The van der Waals surface area contributed by atoms with E-state index in [4.69, 9.17) is 9.15 Å². The maximum absolute atomic E-state index is 12.6. The Hall–Kier alpha value is -3.08. The molecular weight excluding hydrogens is 354 g/mol. The van der Waals surface area contributed by atoms with Gasteiger partial charge >= 0.3 is 11.6 Å². The molecule has 0 radical (unpaired) electrons. The van der Waals surface area contributed by atoms with Crippen molar-refractivity contribution in [1.82, 2.24) is 0 Å². The smallest absolute Gasteiger partial charge is 0.340 e. The van der Waals surface area contributed by atoms with E-state index in [0.29, 0.717) is 16.7 Å². The third-order valence-electron chi connectivity index (χ3n) is 4.87. The Morgan fingerprint density at radius 3 is 2.71 bits per heavy atom. The topological polar surface area (TPSA) is 68.5 Å². The van der Waals surface area contributed by atoms with Gasteiger partial charge in [0.15, 0.2) is 0 Å². The highest BCUT2D eigenvalue weighted by Gasteiger charge is 2.15. The molecular formula is C23H25NO4. The van der Waals surface area contributed by atoms with E-state index in [2.05, 4.69) is 12.2 Å². The van der Waals surface area contributed by atoms with E-state index in [1.807, 2.05) is 38.1 Å². The summed E-state index contributed by atoms with van der Waals surface area (Å²) < 4.78 is 10.9. The fraction of sp³-hybridized carbons (Fsp3) is 0.304. The van der Waals surface area contributed by atoms with Crippen LogP contribution in [-0.2, 0) is 11.3 Å². The molecule has 0 saturated heterocycles. The van der Waals surface area contributed by atoms with E-state index in [1.54, 1.807) is 12.1 Å². The van der Waals surface area contributed by atoms with Crippen LogP contribution in [0.3, 0.4) is 0 Å². The van der Waals surface area contributed by atoms with E-state index >= 15 is 0 Å². The molecule has 0 unspecified atom stereocenters. The quantitative estimate of drug-likeness (QED) is 0.356. The van der Waals surface area contributed by atoms with Crippen molar-refractivity contribution < 1.29 is 13.9 Å². The Bertz CT molecular complexity index is 1050. The maximum Gasteiger partial charge on any atom is 0.340 e. The van der Waals surface area contributed by atoms with E-state index < -0.39 is 11.6 Å². The highest BCUT2D eigenvalue weighted by Crippen LogP contribution is 2.24. The van der Waals surface area contributed by atoms with E-state index in [1.165, 1.54) is 6.07 Å². The first-order valence-electron chi connectivity index (χ1n) is 9.54. The first-order valence-corrected chi connectivity index (χ1v) is 9.54. The zero-order valence-corrected chi connectivity index (χ0v) is 16.5. The van der Waals surface area contributed by atoms with Gasteiger partial charge in [-0.1, -0.05) is 37.6 Å². The number of benzene rings is 2. The normalized spacial score (nSPS) is 10.8. The number of ether oxygens (including phenoxy) is 1. The Balaban J connectivity index is 1.83. The highest BCUT2D eigenvalue weighted by molar-refractivity contribution is 5.95. The summed E-state index contributed by atoms with van der Waals surface area (Å²) >= 11 is 0. The second kappa shape index (κ2) is 8.74. The lowest BCUT2D eigenvalue weighted by atomic mass is 10.0. The van der Waals surface area contributed by atoms with Crippen LogP contribution in [0.2, 0.25) is 0 Å². The second-order valence-electron chi connectivity index (χ2n) is 6.88. The van der Waals surface area contributed by atoms with Gasteiger partial charge in [0.05, 0.1) is 5.56 Å². The first-order chi connectivity index (χ1) is 13.5. The summed E-state index contributed by atoms with van der Waals surface area (Å²) in [4.78, 5) is 24.6. The molecule has 0 aliphatic carbocycles. The number of unbranched alkanes of at least 4 members (excludes halogenated alkanes) is 1. The molecule has 0 aliphatic heterocycles. The van der Waals surface area contributed by atoms with Gasteiger partial charge in [-0.05, 0) is 43.5 Å². The summed E-state index contributed by atoms with van der Waals surface area (Å²) in [6.07, 6.45) is 2.09. The third-order valence-corrected chi connectivity index (χ3v) is 4.87. The van der Waals surface area contributed by atoms with Crippen LogP contribution < -0.4 is 10.9 Å². The van der Waals surface area contributed by atoms with Gasteiger partial charge < -0.3 is 14.5 Å². The van der Waals surface area contributed by atoms with Crippen LogP contribution in [0.4, 0.5) is 5.69 Å². The number of aryl methyl sites for hydroxylation is 2. The minimum Gasteiger partial charge on any atom is -0.457 e. The van der Waals surface area contributed by atoms with Gasteiger partial charge in [-0.25, -0.2) is 9.59 Å². The van der Waals surface area contributed by atoms with Crippen molar-refractivity contribution in [2.24, 2.45) is 0 Å². The molecule has 0 saturated carbocycles. The van der Waals surface area contributed by atoms with Crippen molar-refractivity contribution in [2.45, 2.75) is 40.2 Å². The number of rotatable bonds is 7. The molecule has 3 aromatic rings. The van der Waals surface area contributed by atoms with Gasteiger partial charge in [0, 0.05) is 29.2 Å². The third kappa shape index (κ3) is 4.25. The molecule has 5 nitrogen and oxygen atoms in total. The molecule has 0 bridgehead atoms. The van der Waals surface area contributed by atoms with Crippen LogP contribution in [0.1, 0.15) is 46.8 Å². The predicted molar refractivity (Wildman–Crippen MR) is 111 cm³/mol. The number of fused-ring (bicyclic) bond motifs is 1. The second-order valence-corrected chi connectivity index (χ2v) is 6.88. The summed E-state index contributed by atoms with van der Waals surface area (Å²) in [7, 11) is 0. The zero-order valence-electron chi connectivity index (χ0n) is 16.5. The van der Waals surface area contributed by atoms with Crippen molar-refractivity contribution in [3.8, 4) is 0 Å². The largest absolute Gasteiger partial charge is 0.457 e. The lowest BCUT2D eigenvalue weighted by Crippen LogP contribution is -2.11. The first kappa shape index (κ1) is 19.7. The molecule has 3 rings (SSSR count). The zero-order chi connectivity index (χ0) is 20.1. The standard InChI is InChI=1S/C23H25NO4/c1-4-5-12-24-20-9-7-6-8-19(20)23(26)27-14-17-13-21(25)28-22-16(3)15(2)10-11-18(17)22/h6-11,13,24H,4-5,12,14H2,1-3H3. The molecule has 5 heteroatoms. The number of carbonyl (C=O) groups excluding carboxylic acids is 1.